The monoisotopic (exact) mass is 343 g/mol. The molecule has 6 heteroatoms. The first-order chi connectivity index (χ1) is 12.0. The largest absolute Gasteiger partial charge is 0.490 e. The molecule has 1 atom stereocenters. The number of hydrogen-bond donors (Lipinski definition) is 1. The van der Waals surface area contributed by atoms with Crippen molar-refractivity contribution in [1.82, 2.24) is 14.7 Å². The summed E-state index contributed by atoms with van der Waals surface area (Å²) in [6.45, 7) is 3.07. The Morgan fingerprint density at radius 2 is 2.20 bits per heavy atom. The number of aliphatic hydroxyl groups is 1. The molecule has 0 aliphatic carbocycles. The van der Waals surface area contributed by atoms with E-state index in [1.54, 1.807) is 15.8 Å². The van der Waals surface area contributed by atoms with Crippen LogP contribution in [0.5, 0.6) is 5.75 Å². The van der Waals surface area contributed by atoms with Crippen LogP contribution in [0.25, 0.3) is 0 Å². The fraction of sp³-hybridized carbons (Fsp3) is 0.474. The zero-order valence-electron chi connectivity index (χ0n) is 14.8. The van der Waals surface area contributed by atoms with E-state index in [0.29, 0.717) is 32.4 Å². The van der Waals surface area contributed by atoms with Crippen LogP contribution in [0.1, 0.15) is 24.0 Å². The zero-order valence-corrected chi connectivity index (χ0v) is 14.8. The molecular weight excluding hydrogens is 318 g/mol. The Bertz CT molecular complexity index is 743. The number of rotatable bonds is 6. The van der Waals surface area contributed by atoms with E-state index in [4.69, 9.17) is 4.74 Å². The number of para-hydroxylation sites is 1. The summed E-state index contributed by atoms with van der Waals surface area (Å²) in [7, 11) is 1.86. The van der Waals surface area contributed by atoms with Crippen LogP contribution in [0.4, 0.5) is 0 Å². The lowest BCUT2D eigenvalue weighted by Crippen LogP contribution is -2.40. The number of likely N-dealkylation sites (tertiary alicyclic amines) is 1. The van der Waals surface area contributed by atoms with Crippen LogP contribution in [0.3, 0.4) is 0 Å². The molecule has 1 N–H and O–H groups in total. The second kappa shape index (κ2) is 7.27. The van der Waals surface area contributed by atoms with Gasteiger partial charge in [-0.15, -0.1) is 0 Å². The summed E-state index contributed by atoms with van der Waals surface area (Å²) in [5, 5.41) is 14.8. The SMILES string of the molecule is Cc1ccccc1OCC1(O)CCN(C(=O)CCc2cnn(C)c2)C1. The van der Waals surface area contributed by atoms with Crippen molar-refractivity contribution in [3.8, 4) is 5.75 Å². The summed E-state index contributed by atoms with van der Waals surface area (Å²) in [6.07, 6.45) is 5.34. The van der Waals surface area contributed by atoms with E-state index in [2.05, 4.69) is 5.10 Å². The van der Waals surface area contributed by atoms with Crippen molar-refractivity contribution in [1.29, 1.82) is 0 Å². The smallest absolute Gasteiger partial charge is 0.223 e. The van der Waals surface area contributed by atoms with Gasteiger partial charge < -0.3 is 14.7 Å². The molecule has 134 valence electrons. The van der Waals surface area contributed by atoms with Crippen LogP contribution in [0.2, 0.25) is 0 Å². The number of carbonyl (C=O) groups excluding carboxylic acids is 1. The molecule has 0 spiro atoms. The van der Waals surface area contributed by atoms with Gasteiger partial charge in [0.25, 0.3) is 0 Å². The van der Waals surface area contributed by atoms with Gasteiger partial charge in [-0.1, -0.05) is 18.2 Å². The van der Waals surface area contributed by atoms with Crippen LogP contribution in [-0.2, 0) is 18.3 Å². The molecule has 0 bridgehead atoms. The third-order valence-electron chi connectivity index (χ3n) is 4.66. The molecular formula is C19H25N3O3. The summed E-state index contributed by atoms with van der Waals surface area (Å²) >= 11 is 0. The molecule has 1 amide bonds. The predicted molar refractivity (Wildman–Crippen MR) is 94.3 cm³/mol. The molecule has 1 fully saturated rings. The third-order valence-corrected chi connectivity index (χ3v) is 4.66. The number of aromatic nitrogens is 2. The average Bonchev–Trinajstić information content (AvgIpc) is 3.18. The number of nitrogens with zero attached hydrogens (tertiary/aromatic N) is 3. The van der Waals surface area contributed by atoms with Crippen LogP contribution in [-0.4, -0.2) is 51.0 Å². The first kappa shape index (κ1) is 17.5. The average molecular weight is 343 g/mol. The molecule has 0 saturated carbocycles. The Kier molecular flexibility index (Phi) is 5.08. The number of benzene rings is 1. The lowest BCUT2D eigenvalue weighted by Gasteiger charge is -2.24. The van der Waals surface area contributed by atoms with Crippen LogP contribution in [0, 0.1) is 6.92 Å². The minimum Gasteiger partial charge on any atom is -0.490 e. The molecule has 1 aliphatic rings. The predicted octanol–water partition coefficient (Wildman–Crippen LogP) is 1.70. The number of ether oxygens (including phenoxy) is 1. The van der Waals surface area contributed by atoms with Crippen LogP contribution in [0.15, 0.2) is 36.7 Å². The first-order valence-corrected chi connectivity index (χ1v) is 8.61. The van der Waals surface area contributed by atoms with Gasteiger partial charge in [-0.05, 0) is 37.0 Å². The van der Waals surface area contributed by atoms with Crippen molar-refractivity contribution in [3.05, 3.63) is 47.8 Å². The molecule has 1 aromatic heterocycles. The Labute approximate surface area is 148 Å². The van der Waals surface area contributed by atoms with Gasteiger partial charge in [-0.25, -0.2) is 0 Å². The highest BCUT2D eigenvalue weighted by atomic mass is 16.5. The van der Waals surface area contributed by atoms with E-state index in [0.717, 1.165) is 16.9 Å². The summed E-state index contributed by atoms with van der Waals surface area (Å²) in [6, 6.07) is 7.73. The summed E-state index contributed by atoms with van der Waals surface area (Å²) in [5.74, 6) is 0.841. The minimum atomic E-state index is -0.980. The second-order valence-electron chi connectivity index (χ2n) is 6.87. The Hall–Kier alpha value is -2.34. The van der Waals surface area contributed by atoms with E-state index < -0.39 is 5.60 Å². The first-order valence-electron chi connectivity index (χ1n) is 8.61. The molecule has 0 radical (unpaired) electrons. The van der Waals surface area contributed by atoms with Gasteiger partial charge in [0.1, 0.15) is 18.0 Å². The highest BCUT2D eigenvalue weighted by Gasteiger charge is 2.38. The second-order valence-corrected chi connectivity index (χ2v) is 6.87. The highest BCUT2D eigenvalue weighted by molar-refractivity contribution is 5.76. The van der Waals surface area contributed by atoms with Gasteiger partial charge in [-0.2, -0.15) is 5.10 Å². The molecule has 3 rings (SSSR count). The number of carbonyl (C=O) groups is 1. The number of amides is 1. The molecule has 1 saturated heterocycles. The van der Waals surface area contributed by atoms with Gasteiger partial charge in [-0.3, -0.25) is 9.48 Å². The minimum absolute atomic E-state index is 0.0654. The summed E-state index contributed by atoms with van der Waals surface area (Å²) in [4.78, 5) is 14.1. The lowest BCUT2D eigenvalue weighted by molar-refractivity contribution is -0.131. The number of β-amino-alcohol motifs (C(OH)–C–C–N with tert-alkyl or cyclic N) is 1. The zero-order chi connectivity index (χ0) is 17.9. The maximum atomic E-state index is 12.4. The van der Waals surface area contributed by atoms with E-state index in [9.17, 15) is 9.90 Å². The quantitative estimate of drug-likeness (QED) is 0.867. The van der Waals surface area contributed by atoms with E-state index in [-0.39, 0.29) is 12.5 Å². The fourth-order valence-corrected chi connectivity index (χ4v) is 3.13. The Morgan fingerprint density at radius 1 is 1.40 bits per heavy atom. The fourth-order valence-electron chi connectivity index (χ4n) is 3.13. The normalized spacial score (nSPS) is 20.0. The molecule has 2 heterocycles. The van der Waals surface area contributed by atoms with Gasteiger partial charge in [0.2, 0.25) is 5.91 Å². The van der Waals surface area contributed by atoms with Crippen molar-refractivity contribution >= 4 is 5.91 Å². The van der Waals surface area contributed by atoms with E-state index in [1.165, 1.54) is 0 Å². The van der Waals surface area contributed by atoms with Crippen LogP contribution >= 0.6 is 0 Å². The third kappa shape index (κ3) is 4.39. The maximum absolute atomic E-state index is 12.4. The molecule has 25 heavy (non-hydrogen) atoms. The highest BCUT2D eigenvalue weighted by Crippen LogP contribution is 2.25. The van der Waals surface area contributed by atoms with Gasteiger partial charge in [0.15, 0.2) is 0 Å². The van der Waals surface area contributed by atoms with Gasteiger partial charge >= 0.3 is 0 Å². The molecule has 1 unspecified atom stereocenters. The van der Waals surface area contributed by atoms with Crippen LogP contribution < -0.4 is 4.74 Å². The molecule has 2 aromatic rings. The Balaban J connectivity index is 1.49. The summed E-state index contributed by atoms with van der Waals surface area (Å²) in [5.41, 5.74) is 1.10. The molecule has 6 nitrogen and oxygen atoms in total. The number of aryl methyl sites for hydroxylation is 3. The van der Waals surface area contributed by atoms with Crippen molar-refractivity contribution in [2.75, 3.05) is 19.7 Å². The number of hydrogen-bond acceptors (Lipinski definition) is 4. The van der Waals surface area contributed by atoms with Gasteiger partial charge in [0.05, 0.1) is 12.7 Å². The van der Waals surface area contributed by atoms with Crippen molar-refractivity contribution in [2.45, 2.75) is 31.8 Å². The maximum Gasteiger partial charge on any atom is 0.223 e. The molecule has 1 aromatic carbocycles. The van der Waals surface area contributed by atoms with Crippen molar-refractivity contribution in [3.63, 3.8) is 0 Å². The Morgan fingerprint density at radius 3 is 2.92 bits per heavy atom. The topological polar surface area (TPSA) is 67.6 Å². The molecule has 1 aliphatic heterocycles. The standard InChI is InChI=1S/C19H25N3O3/c1-15-5-3-4-6-17(15)25-14-19(24)9-10-22(13-19)18(23)8-7-16-11-20-21(2)12-16/h3-6,11-12,24H,7-10,13-14H2,1-2H3. The van der Waals surface area contributed by atoms with E-state index >= 15 is 0 Å². The van der Waals surface area contributed by atoms with Crippen molar-refractivity contribution < 1.29 is 14.6 Å². The summed E-state index contributed by atoms with van der Waals surface area (Å²) < 4.78 is 7.52. The lowest BCUT2D eigenvalue weighted by atomic mass is 10.1. The van der Waals surface area contributed by atoms with E-state index in [1.807, 2.05) is 44.4 Å². The van der Waals surface area contributed by atoms with Crippen molar-refractivity contribution in [2.24, 2.45) is 7.05 Å². The van der Waals surface area contributed by atoms with Gasteiger partial charge in [0, 0.05) is 26.2 Å².